The molecule has 0 bridgehead atoms. The Morgan fingerprint density at radius 1 is 1.44 bits per heavy atom. The van der Waals surface area contributed by atoms with Crippen LogP contribution in [0.25, 0.3) is 0 Å². The lowest BCUT2D eigenvalue weighted by Gasteiger charge is -2.17. The number of nitrogens with zero attached hydrogens (tertiary/aromatic N) is 1. The maximum atomic E-state index is 11.9. The van der Waals surface area contributed by atoms with E-state index in [0.29, 0.717) is 24.9 Å². The van der Waals surface area contributed by atoms with Gasteiger partial charge in [0.25, 0.3) is 0 Å². The first kappa shape index (κ1) is 13.1. The maximum absolute atomic E-state index is 11.9. The number of amides is 2. The molecular formula is C10H17F3N2O. The van der Waals surface area contributed by atoms with Crippen LogP contribution in [-0.2, 0) is 0 Å². The van der Waals surface area contributed by atoms with Crippen LogP contribution >= 0.6 is 0 Å². The average molecular weight is 238 g/mol. The van der Waals surface area contributed by atoms with Gasteiger partial charge in [-0.05, 0) is 11.8 Å². The number of carbonyl (C=O) groups is 1. The largest absolute Gasteiger partial charge is 0.405 e. The van der Waals surface area contributed by atoms with Crippen molar-refractivity contribution in [3.63, 3.8) is 0 Å². The number of carbonyl (C=O) groups excluding carboxylic acids is 1. The molecule has 2 atom stereocenters. The van der Waals surface area contributed by atoms with Crippen molar-refractivity contribution in [1.29, 1.82) is 0 Å². The summed E-state index contributed by atoms with van der Waals surface area (Å²) in [4.78, 5) is 12.9. The second-order valence-corrected chi connectivity index (χ2v) is 4.32. The Morgan fingerprint density at radius 3 is 2.50 bits per heavy atom. The molecule has 0 aromatic heterocycles. The molecule has 3 nitrogen and oxygen atoms in total. The molecule has 0 saturated carbocycles. The molecule has 0 aromatic carbocycles. The van der Waals surface area contributed by atoms with Gasteiger partial charge in [-0.25, -0.2) is 4.79 Å². The Morgan fingerprint density at radius 2 is 2.06 bits per heavy atom. The van der Waals surface area contributed by atoms with Crippen molar-refractivity contribution in [3.05, 3.63) is 0 Å². The van der Waals surface area contributed by atoms with Gasteiger partial charge in [-0.15, -0.1) is 0 Å². The number of likely N-dealkylation sites (tertiary alicyclic amines) is 1. The fourth-order valence-corrected chi connectivity index (χ4v) is 2.02. The molecule has 0 aliphatic carbocycles. The molecule has 0 spiro atoms. The lowest BCUT2D eigenvalue weighted by molar-refractivity contribution is -0.123. The Labute approximate surface area is 93.0 Å². The van der Waals surface area contributed by atoms with Crippen LogP contribution < -0.4 is 5.32 Å². The fraction of sp³-hybridized carbons (Fsp3) is 0.900. The highest BCUT2D eigenvalue weighted by Crippen LogP contribution is 2.25. The van der Waals surface area contributed by atoms with Gasteiger partial charge in [0.15, 0.2) is 0 Å². The van der Waals surface area contributed by atoms with Gasteiger partial charge >= 0.3 is 12.2 Å². The minimum Gasteiger partial charge on any atom is -0.329 e. The molecule has 1 aliphatic rings. The molecule has 0 radical (unpaired) electrons. The van der Waals surface area contributed by atoms with E-state index < -0.39 is 18.8 Å². The quantitative estimate of drug-likeness (QED) is 0.786. The summed E-state index contributed by atoms with van der Waals surface area (Å²) in [5.74, 6) is 0.762. The minimum absolute atomic E-state index is 0.363. The van der Waals surface area contributed by atoms with E-state index in [1.165, 1.54) is 4.90 Å². The lowest BCUT2D eigenvalue weighted by atomic mass is 9.96. The third kappa shape index (κ3) is 3.57. The SMILES string of the molecule is CC[C@@H]1CN(C(=O)NCC(F)(F)F)C[C@@H]1C. The first-order valence-corrected chi connectivity index (χ1v) is 5.43. The standard InChI is InChI=1S/C10H17F3N2O/c1-3-8-5-15(4-7(8)2)9(16)14-6-10(11,12)13/h7-8H,3-6H2,1-2H3,(H,14,16)/t7-,8+/m0/s1. The van der Waals surface area contributed by atoms with Crippen LogP contribution in [0.4, 0.5) is 18.0 Å². The highest BCUT2D eigenvalue weighted by atomic mass is 19.4. The highest BCUT2D eigenvalue weighted by molar-refractivity contribution is 5.74. The van der Waals surface area contributed by atoms with Crippen LogP contribution in [0.15, 0.2) is 0 Å². The van der Waals surface area contributed by atoms with Crippen molar-refractivity contribution in [1.82, 2.24) is 10.2 Å². The van der Waals surface area contributed by atoms with E-state index >= 15 is 0 Å². The average Bonchev–Trinajstić information content (AvgIpc) is 2.55. The van der Waals surface area contributed by atoms with E-state index in [4.69, 9.17) is 0 Å². The topological polar surface area (TPSA) is 32.3 Å². The molecule has 0 aromatic rings. The molecule has 2 amide bonds. The summed E-state index contributed by atoms with van der Waals surface area (Å²) in [5, 5.41) is 1.89. The summed E-state index contributed by atoms with van der Waals surface area (Å²) in [7, 11) is 0. The van der Waals surface area contributed by atoms with Crippen molar-refractivity contribution >= 4 is 6.03 Å². The first-order chi connectivity index (χ1) is 7.33. The number of alkyl halides is 3. The van der Waals surface area contributed by atoms with Crippen LogP contribution in [0.3, 0.4) is 0 Å². The van der Waals surface area contributed by atoms with Crippen molar-refractivity contribution in [2.45, 2.75) is 26.4 Å². The predicted molar refractivity (Wildman–Crippen MR) is 54.0 cm³/mol. The second kappa shape index (κ2) is 4.93. The van der Waals surface area contributed by atoms with Crippen molar-refractivity contribution in [2.75, 3.05) is 19.6 Å². The molecule has 6 heteroatoms. The highest BCUT2D eigenvalue weighted by Gasteiger charge is 2.33. The zero-order valence-electron chi connectivity index (χ0n) is 9.47. The van der Waals surface area contributed by atoms with Crippen LogP contribution in [0.2, 0.25) is 0 Å². The van der Waals surface area contributed by atoms with E-state index in [1.807, 2.05) is 19.2 Å². The molecule has 1 N–H and O–H groups in total. The summed E-state index contributed by atoms with van der Waals surface area (Å²) in [6, 6.07) is -0.611. The van der Waals surface area contributed by atoms with Gasteiger partial charge in [0.05, 0.1) is 0 Å². The summed E-state index contributed by atoms with van der Waals surface area (Å²) in [6.45, 7) is 3.89. The molecule has 0 unspecified atom stereocenters. The van der Waals surface area contributed by atoms with Crippen LogP contribution in [0.1, 0.15) is 20.3 Å². The fourth-order valence-electron chi connectivity index (χ4n) is 2.02. The van der Waals surface area contributed by atoms with Gasteiger partial charge in [0, 0.05) is 13.1 Å². The zero-order valence-corrected chi connectivity index (χ0v) is 9.47. The Kier molecular flexibility index (Phi) is 4.04. The number of nitrogens with one attached hydrogen (secondary N) is 1. The summed E-state index contributed by atoms with van der Waals surface area (Å²) < 4.78 is 35.7. The molecule has 1 rings (SSSR count). The Hall–Kier alpha value is -0.940. The van der Waals surface area contributed by atoms with Gasteiger partial charge < -0.3 is 10.2 Å². The first-order valence-electron chi connectivity index (χ1n) is 5.43. The predicted octanol–water partition coefficient (Wildman–Crippen LogP) is 2.24. The molecule has 94 valence electrons. The second-order valence-electron chi connectivity index (χ2n) is 4.32. The lowest BCUT2D eigenvalue weighted by Crippen LogP contribution is -2.42. The number of urea groups is 1. The summed E-state index contributed by atoms with van der Waals surface area (Å²) >= 11 is 0. The molecule has 1 saturated heterocycles. The Balaban J connectivity index is 2.39. The Bertz CT molecular complexity index is 255. The molecule has 1 aliphatic heterocycles. The van der Waals surface area contributed by atoms with Crippen LogP contribution in [0.5, 0.6) is 0 Å². The van der Waals surface area contributed by atoms with E-state index in [2.05, 4.69) is 0 Å². The minimum atomic E-state index is -4.34. The maximum Gasteiger partial charge on any atom is 0.405 e. The number of rotatable bonds is 2. The monoisotopic (exact) mass is 238 g/mol. The normalized spacial score (nSPS) is 25.9. The van der Waals surface area contributed by atoms with E-state index in [0.717, 1.165) is 6.42 Å². The van der Waals surface area contributed by atoms with Gasteiger partial charge in [0.1, 0.15) is 6.54 Å². The van der Waals surface area contributed by atoms with Gasteiger partial charge in [-0.3, -0.25) is 0 Å². The van der Waals surface area contributed by atoms with Crippen LogP contribution in [-0.4, -0.2) is 36.7 Å². The van der Waals surface area contributed by atoms with Gasteiger partial charge in [-0.1, -0.05) is 20.3 Å². The van der Waals surface area contributed by atoms with Gasteiger partial charge in [0.2, 0.25) is 0 Å². The van der Waals surface area contributed by atoms with E-state index in [9.17, 15) is 18.0 Å². The molecule has 1 fully saturated rings. The zero-order chi connectivity index (χ0) is 12.3. The summed E-state index contributed by atoms with van der Waals surface area (Å²) in [6.07, 6.45) is -3.39. The van der Waals surface area contributed by atoms with Crippen molar-refractivity contribution in [3.8, 4) is 0 Å². The van der Waals surface area contributed by atoms with Gasteiger partial charge in [-0.2, -0.15) is 13.2 Å². The third-order valence-electron chi connectivity index (χ3n) is 3.02. The van der Waals surface area contributed by atoms with Crippen LogP contribution in [0, 0.1) is 11.8 Å². The summed E-state index contributed by atoms with van der Waals surface area (Å²) in [5.41, 5.74) is 0. The molecular weight excluding hydrogens is 221 g/mol. The molecule has 1 heterocycles. The van der Waals surface area contributed by atoms with Crippen molar-refractivity contribution < 1.29 is 18.0 Å². The number of halogens is 3. The molecule has 16 heavy (non-hydrogen) atoms. The number of hydrogen-bond donors (Lipinski definition) is 1. The van der Waals surface area contributed by atoms with E-state index in [-0.39, 0.29) is 0 Å². The number of hydrogen-bond acceptors (Lipinski definition) is 1. The van der Waals surface area contributed by atoms with E-state index in [1.54, 1.807) is 0 Å². The van der Waals surface area contributed by atoms with Crippen molar-refractivity contribution in [2.24, 2.45) is 11.8 Å². The third-order valence-corrected chi connectivity index (χ3v) is 3.02. The smallest absolute Gasteiger partial charge is 0.329 e.